The van der Waals surface area contributed by atoms with Crippen LogP contribution in [-0.2, 0) is 16.1 Å². The zero-order valence-corrected chi connectivity index (χ0v) is 16.1. The van der Waals surface area contributed by atoms with Crippen molar-refractivity contribution in [2.75, 3.05) is 18.8 Å². The Hall–Kier alpha value is -1.53. The van der Waals surface area contributed by atoms with Gasteiger partial charge in [0.1, 0.15) is 12.1 Å². The second kappa shape index (κ2) is 7.79. The molecule has 1 aliphatic rings. The Morgan fingerprint density at radius 1 is 1.40 bits per heavy atom. The van der Waals surface area contributed by atoms with Gasteiger partial charge in [0, 0.05) is 5.75 Å². The molecule has 1 aromatic heterocycles. The molecule has 5 nitrogen and oxygen atoms in total. The van der Waals surface area contributed by atoms with Gasteiger partial charge in [-0.3, -0.25) is 4.79 Å². The summed E-state index contributed by atoms with van der Waals surface area (Å²) in [6, 6.07) is 7.97. The first-order valence-corrected chi connectivity index (χ1v) is 9.91. The van der Waals surface area contributed by atoms with Gasteiger partial charge >= 0.3 is 5.97 Å². The lowest BCUT2D eigenvalue weighted by atomic mass is 10.0. The molecule has 1 aliphatic heterocycles. The van der Waals surface area contributed by atoms with E-state index in [0.29, 0.717) is 5.92 Å². The van der Waals surface area contributed by atoms with Crippen molar-refractivity contribution in [3.8, 4) is 0 Å². The first-order valence-electron chi connectivity index (χ1n) is 8.93. The minimum Gasteiger partial charge on any atom is -0.459 e. The largest absolute Gasteiger partial charge is 0.459 e. The lowest BCUT2D eigenvalue weighted by molar-refractivity contribution is -0.155. The minimum absolute atomic E-state index is 0.197. The van der Waals surface area contributed by atoms with Crippen molar-refractivity contribution < 1.29 is 9.53 Å². The van der Waals surface area contributed by atoms with Crippen molar-refractivity contribution >= 4 is 28.8 Å². The van der Waals surface area contributed by atoms with E-state index in [1.165, 1.54) is 12.8 Å². The quantitative estimate of drug-likeness (QED) is 0.653. The number of hydrogen-bond donors (Lipinski definition) is 1. The average Bonchev–Trinajstić information content (AvgIpc) is 2.90. The van der Waals surface area contributed by atoms with Gasteiger partial charge in [0.25, 0.3) is 0 Å². The van der Waals surface area contributed by atoms with Crippen molar-refractivity contribution in [2.45, 2.75) is 50.9 Å². The van der Waals surface area contributed by atoms with Crippen LogP contribution in [0.1, 0.15) is 33.6 Å². The van der Waals surface area contributed by atoms with Crippen LogP contribution >= 0.6 is 11.8 Å². The second-order valence-electron chi connectivity index (χ2n) is 7.58. The van der Waals surface area contributed by atoms with Crippen LogP contribution in [0.3, 0.4) is 0 Å². The monoisotopic (exact) mass is 361 g/mol. The Balaban J connectivity index is 1.77. The van der Waals surface area contributed by atoms with Crippen molar-refractivity contribution in [3.63, 3.8) is 0 Å². The third-order valence-corrected chi connectivity index (χ3v) is 5.38. The Labute approximate surface area is 153 Å². The highest BCUT2D eigenvalue weighted by atomic mass is 32.2. The van der Waals surface area contributed by atoms with Crippen LogP contribution in [0.25, 0.3) is 11.0 Å². The van der Waals surface area contributed by atoms with Gasteiger partial charge in [-0.2, -0.15) is 0 Å². The van der Waals surface area contributed by atoms with Gasteiger partial charge in [-0.1, -0.05) is 23.9 Å². The van der Waals surface area contributed by atoms with E-state index in [-0.39, 0.29) is 12.5 Å². The zero-order valence-electron chi connectivity index (χ0n) is 15.2. The topological polar surface area (TPSA) is 56.1 Å². The number of imidazole rings is 1. The number of benzene rings is 1. The van der Waals surface area contributed by atoms with Crippen LogP contribution in [0.5, 0.6) is 0 Å². The lowest BCUT2D eigenvalue weighted by Crippen LogP contribution is -2.31. The molecular weight excluding hydrogens is 334 g/mol. The summed E-state index contributed by atoms with van der Waals surface area (Å²) < 4.78 is 7.49. The molecule has 25 heavy (non-hydrogen) atoms. The number of aromatic nitrogens is 2. The maximum absolute atomic E-state index is 12.3. The Kier molecular flexibility index (Phi) is 5.69. The highest BCUT2D eigenvalue weighted by Gasteiger charge is 2.21. The number of rotatable bonds is 5. The van der Waals surface area contributed by atoms with Gasteiger partial charge in [0.2, 0.25) is 0 Å². The second-order valence-corrected chi connectivity index (χ2v) is 8.57. The summed E-state index contributed by atoms with van der Waals surface area (Å²) in [4.78, 5) is 17.1. The van der Waals surface area contributed by atoms with E-state index in [1.54, 1.807) is 11.8 Å². The number of hydrogen-bond acceptors (Lipinski definition) is 5. The molecule has 2 heterocycles. The van der Waals surface area contributed by atoms with Crippen molar-refractivity contribution in [3.05, 3.63) is 24.3 Å². The molecule has 2 aromatic rings. The number of thioether (sulfide) groups is 1. The number of nitrogens with one attached hydrogen (secondary N) is 1. The van der Waals surface area contributed by atoms with Gasteiger partial charge in [0.05, 0.1) is 11.0 Å². The van der Waals surface area contributed by atoms with E-state index < -0.39 is 5.60 Å². The number of para-hydroxylation sites is 2. The Bertz CT molecular complexity index is 730. The number of nitrogens with zero attached hydrogens (tertiary/aromatic N) is 2. The fourth-order valence-corrected chi connectivity index (χ4v) is 4.23. The summed E-state index contributed by atoms with van der Waals surface area (Å²) in [5.74, 6) is 1.45. The third kappa shape index (κ3) is 4.98. The lowest BCUT2D eigenvalue weighted by Gasteiger charge is -2.22. The standard InChI is InChI=1S/C19H27N3O2S/c1-19(2,3)24-17(23)12-22-16-9-5-4-8-15(16)21-18(22)25-13-14-7-6-10-20-11-14/h4-5,8-9,14,20H,6-7,10-13H2,1-3H3. The van der Waals surface area contributed by atoms with E-state index >= 15 is 0 Å². The number of esters is 1. The summed E-state index contributed by atoms with van der Waals surface area (Å²) in [7, 11) is 0. The van der Waals surface area contributed by atoms with Crippen LogP contribution in [0.4, 0.5) is 0 Å². The van der Waals surface area contributed by atoms with E-state index in [4.69, 9.17) is 9.72 Å². The highest BCUT2D eigenvalue weighted by molar-refractivity contribution is 7.99. The third-order valence-electron chi connectivity index (χ3n) is 4.17. The average molecular weight is 362 g/mol. The fourth-order valence-electron chi connectivity index (χ4n) is 3.08. The van der Waals surface area contributed by atoms with Gasteiger partial charge in [-0.15, -0.1) is 0 Å². The Morgan fingerprint density at radius 3 is 2.92 bits per heavy atom. The van der Waals surface area contributed by atoms with Crippen molar-refractivity contribution in [2.24, 2.45) is 5.92 Å². The van der Waals surface area contributed by atoms with E-state index in [1.807, 2.05) is 49.6 Å². The fraction of sp³-hybridized carbons (Fsp3) is 0.579. The zero-order chi connectivity index (χ0) is 17.9. The van der Waals surface area contributed by atoms with E-state index in [2.05, 4.69) is 5.32 Å². The normalized spacial score (nSPS) is 18.4. The summed E-state index contributed by atoms with van der Waals surface area (Å²) in [5.41, 5.74) is 1.43. The van der Waals surface area contributed by atoms with Gasteiger partial charge in [-0.05, 0) is 64.8 Å². The highest BCUT2D eigenvalue weighted by Crippen LogP contribution is 2.27. The summed E-state index contributed by atoms with van der Waals surface area (Å²) in [6.45, 7) is 8.06. The molecule has 0 bridgehead atoms. The molecule has 1 N–H and O–H groups in total. The van der Waals surface area contributed by atoms with E-state index in [9.17, 15) is 4.79 Å². The molecular formula is C19H27N3O2S. The molecule has 0 aliphatic carbocycles. The first kappa shape index (κ1) is 18.3. The van der Waals surface area contributed by atoms with E-state index in [0.717, 1.165) is 35.0 Å². The molecule has 1 saturated heterocycles. The van der Waals surface area contributed by atoms with Crippen LogP contribution in [-0.4, -0.2) is 40.0 Å². The minimum atomic E-state index is -0.478. The molecule has 1 fully saturated rings. The molecule has 0 radical (unpaired) electrons. The molecule has 0 spiro atoms. The molecule has 0 amide bonds. The van der Waals surface area contributed by atoms with Crippen LogP contribution in [0, 0.1) is 5.92 Å². The van der Waals surface area contributed by atoms with Gasteiger partial charge in [-0.25, -0.2) is 4.98 Å². The molecule has 1 atom stereocenters. The number of ether oxygens (including phenoxy) is 1. The molecule has 3 rings (SSSR count). The van der Waals surface area contributed by atoms with Crippen molar-refractivity contribution in [1.29, 1.82) is 0 Å². The number of carbonyl (C=O) groups is 1. The molecule has 1 unspecified atom stereocenters. The van der Waals surface area contributed by atoms with Gasteiger partial charge in [0.15, 0.2) is 5.16 Å². The molecule has 1 aromatic carbocycles. The Morgan fingerprint density at radius 2 is 2.20 bits per heavy atom. The van der Waals surface area contributed by atoms with Gasteiger partial charge < -0.3 is 14.6 Å². The summed E-state index contributed by atoms with van der Waals surface area (Å²) in [6.07, 6.45) is 2.49. The number of carbonyl (C=O) groups excluding carboxylic acids is 1. The maximum atomic E-state index is 12.3. The van der Waals surface area contributed by atoms with Crippen LogP contribution in [0.2, 0.25) is 0 Å². The first-order chi connectivity index (χ1) is 11.9. The van der Waals surface area contributed by atoms with Crippen LogP contribution < -0.4 is 5.32 Å². The molecule has 0 saturated carbocycles. The summed E-state index contributed by atoms with van der Waals surface area (Å²) in [5, 5.41) is 4.36. The number of fused-ring (bicyclic) bond motifs is 1. The SMILES string of the molecule is CC(C)(C)OC(=O)Cn1c(SCC2CCCNC2)nc2ccccc21. The number of piperidine rings is 1. The maximum Gasteiger partial charge on any atom is 0.326 e. The predicted molar refractivity (Wildman–Crippen MR) is 102 cm³/mol. The predicted octanol–water partition coefficient (Wildman–Crippen LogP) is 3.47. The summed E-state index contributed by atoms with van der Waals surface area (Å²) >= 11 is 1.74. The van der Waals surface area contributed by atoms with Crippen LogP contribution in [0.15, 0.2) is 29.4 Å². The smallest absolute Gasteiger partial charge is 0.326 e. The molecule has 6 heteroatoms. The van der Waals surface area contributed by atoms with Crippen molar-refractivity contribution in [1.82, 2.24) is 14.9 Å². The molecule has 136 valence electrons.